The SMILES string of the molecule is COc1ccc(CNC2CC3COCC(C2)N3Cc2ccccc2)cc1OC. The van der Waals surface area contributed by atoms with Gasteiger partial charge in [0.2, 0.25) is 0 Å². The van der Waals surface area contributed by atoms with Gasteiger partial charge >= 0.3 is 0 Å². The third-order valence-corrected chi connectivity index (χ3v) is 5.92. The minimum absolute atomic E-state index is 0.482. The number of hydrogen-bond donors (Lipinski definition) is 1. The van der Waals surface area contributed by atoms with Gasteiger partial charge in [-0.3, -0.25) is 4.90 Å². The van der Waals surface area contributed by atoms with Crippen molar-refractivity contribution >= 4 is 0 Å². The van der Waals surface area contributed by atoms with Crippen LogP contribution >= 0.6 is 0 Å². The Kier molecular flexibility index (Phi) is 6.15. The Morgan fingerprint density at radius 3 is 2.32 bits per heavy atom. The Morgan fingerprint density at radius 1 is 0.929 bits per heavy atom. The molecule has 2 saturated heterocycles. The molecule has 150 valence electrons. The Balaban J connectivity index is 1.36. The highest BCUT2D eigenvalue weighted by Gasteiger charge is 2.38. The van der Waals surface area contributed by atoms with E-state index < -0.39 is 0 Å². The second-order valence-electron chi connectivity index (χ2n) is 7.74. The maximum Gasteiger partial charge on any atom is 0.161 e. The van der Waals surface area contributed by atoms with Crippen molar-refractivity contribution in [1.82, 2.24) is 10.2 Å². The largest absolute Gasteiger partial charge is 0.493 e. The molecule has 0 radical (unpaired) electrons. The van der Waals surface area contributed by atoms with Gasteiger partial charge in [0, 0.05) is 31.2 Å². The topological polar surface area (TPSA) is 43.0 Å². The lowest BCUT2D eigenvalue weighted by atomic mass is 9.89. The Hall–Kier alpha value is -2.08. The molecule has 0 aliphatic carbocycles. The van der Waals surface area contributed by atoms with Crippen molar-refractivity contribution in [2.75, 3.05) is 27.4 Å². The lowest BCUT2D eigenvalue weighted by Gasteiger charge is -2.48. The van der Waals surface area contributed by atoms with Crippen LogP contribution in [0.2, 0.25) is 0 Å². The standard InChI is InChI=1S/C23H30N2O3/c1-26-22-9-8-18(10-23(22)27-2)13-24-19-11-20-15-28-16-21(12-19)25(20)14-17-6-4-3-5-7-17/h3-10,19-21,24H,11-16H2,1-2H3. The van der Waals surface area contributed by atoms with E-state index in [0.29, 0.717) is 18.1 Å². The highest BCUT2D eigenvalue weighted by Crippen LogP contribution is 2.30. The highest BCUT2D eigenvalue weighted by molar-refractivity contribution is 5.42. The molecule has 2 heterocycles. The van der Waals surface area contributed by atoms with E-state index in [1.165, 1.54) is 11.1 Å². The van der Waals surface area contributed by atoms with Crippen LogP contribution in [0.5, 0.6) is 11.5 Å². The van der Waals surface area contributed by atoms with Crippen LogP contribution in [-0.4, -0.2) is 50.5 Å². The fourth-order valence-electron chi connectivity index (χ4n) is 4.46. The van der Waals surface area contributed by atoms with E-state index in [2.05, 4.69) is 52.7 Å². The number of ether oxygens (including phenoxy) is 3. The van der Waals surface area contributed by atoms with Crippen LogP contribution in [0.25, 0.3) is 0 Å². The van der Waals surface area contributed by atoms with Gasteiger partial charge < -0.3 is 19.5 Å². The molecule has 2 aliphatic heterocycles. The monoisotopic (exact) mass is 382 g/mol. The molecule has 2 atom stereocenters. The lowest BCUT2D eigenvalue weighted by Crippen LogP contribution is -2.59. The van der Waals surface area contributed by atoms with Crippen molar-refractivity contribution in [2.24, 2.45) is 0 Å². The zero-order valence-electron chi connectivity index (χ0n) is 16.8. The molecule has 5 heteroatoms. The van der Waals surface area contributed by atoms with Crippen molar-refractivity contribution in [1.29, 1.82) is 0 Å². The Bertz CT molecular complexity index is 754. The molecule has 28 heavy (non-hydrogen) atoms. The molecule has 4 rings (SSSR count). The van der Waals surface area contributed by atoms with Crippen LogP contribution in [0.15, 0.2) is 48.5 Å². The number of methoxy groups -OCH3 is 2. The van der Waals surface area contributed by atoms with E-state index in [4.69, 9.17) is 14.2 Å². The molecule has 2 bridgehead atoms. The first-order chi connectivity index (χ1) is 13.8. The summed E-state index contributed by atoms with van der Waals surface area (Å²) in [6.45, 7) is 3.52. The maximum atomic E-state index is 5.87. The van der Waals surface area contributed by atoms with Gasteiger partial charge in [-0.1, -0.05) is 36.4 Å². The number of hydrogen-bond acceptors (Lipinski definition) is 5. The fourth-order valence-corrected chi connectivity index (χ4v) is 4.46. The molecule has 2 aliphatic rings. The van der Waals surface area contributed by atoms with E-state index in [1.54, 1.807) is 14.2 Å². The van der Waals surface area contributed by atoms with Gasteiger partial charge in [0.15, 0.2) is 11.5 Å². The summed E-state index contributed by atoms with van der Waals surface area (Å²) in [4.78, 5) is 2.65. The van der Waals surface area contributed by atoms with Crippen LogP contribution in [-0.2, 0) is 17.8 Å². The van der Waals surface area contributed by atoms with E-state index in [-0.39, 0.29) is 0 Å². The molecule has 1 N–H and O–H groups in total. The van der Waals surface area contributed by atoms with Crippen LogP contribution in [0.4, 0.5) is 0 Å². The summed E-state index contributed by atoms with van der Waals surface area (Å²) in [5, 5.41) is 3.76. The molecule has 2 unspecified atom stereocenters. The molecule has 2 fully saturated rings. The van der Waals surface area contributed by atoms with Gasteiger partial charge in [0.1, 0.15) is 0 Å². The van der Waals surface area contributed by atoms with Crippen LogP contribution in [0.1, 0.15) is 24.0 Å². The maximum absolute atomic E-state index is 5.87. The zero-order valence-corrected chi connectivity index (χ0v) is 16.8. The Morgan fingerprint density at radius 2 is 1.64 bits per heavy atom. The van der Waals surface area contributed by atoms with E-state index >= 15 is 0 Å². The number of nitrogens with one attached hydrogen (secondary N) is 1. The second kappa shape index (κ2) is 8.95. The number of morpholine rings is 1. The third-order valence-electron chi connectivity index (χ3n) is 5.92. The third kappa shape index (κ3) is 4.32. The quantitative estimate of drug-likeness (QED) is 0.796. The van der Waals surface area contributed by atoms with Crippen molar-refractivity contribution in [2.45, 2.75) is 44.1 Å². The summed E-state index contributed by atoms with van der Waals surface area (Å²) >= 11 is 0. The van der Waals surface area contributed by atoms with E-state index in [0.717, 1.165) is 50.6 Å². The first-order valence-corrected chi connectivity index (χ1v) is 10.1. The predicted molar refractivity (Wildman–Crippen MR) is 110 cm³/mol. The fraction of sp³-hybridized carbons (Fsp3) is 0.478. The number of nitrogens with zero attached hydrogens (tertiary/aromatic N) is 1. The molecule has 0 saturated carbocycles. The first-order valence-electron chi connectivity index (χ1n) is 10.1. The normalized spacial score (nSPS) is 24.7. The molecular formula is C23H30N2O3. The molecule has 5 nitrogen and oxygen atoms in total. The van der Waals surface area contributed by atoms with Gasteiger partial charge in [-0.05, 0) is 36.1 Å². The molecule has 0 amide bonds. The van der Waals surface area contributed by atoms with Gasteiger partial charge in [0.25, 0.3) is 0 Å². The summed E-state index contributed by atoms with van der Waals surface area (Å²) in [6, 6.07) is 18.4. The van der Waals surface area contributed by atoms with Crippen molar-refractivity contribution in [3.63, 3.8) is 0 Å². The smallest absolute Gasteiger partial charge is 0.161 e. The molecule has 2 aromatic rings. The summed E-state index contributed by atoms with van der Waals surface area (Å²) in [7, 11) is 3.35. The summed E-state index contributed by atoms with van der Waals surface area (Å²) in [5.41, 5.74) is 2.60. The number of benzene rings is 2. The number of piperidine rings is 1. The Labute approximate surface area is 167 Å². The first kappa shape index (κ1) is 19.2. The minimum atomic E-state index is 0.482. The molecule has 0 aromatic heterocycles. The lowest BCUT2D eigenvalue weighted by molar-refractivity contribution is -0.0853. The van der Waals surface area contributed by atoms with Crippen LogP contribution < -0.4 is 14.8 Å². The van der Waals surface area contributed by atoms with Gasteiger partial charge in [-0.25, -0.2) is 0 Å². The van der Waals surface area contributed by atoms with Crippen molar-refractivity contribution in [3.8, 4) is 11.5 Å². The second-order valence-corrected chi connectivity index (χ2v) is 7.74. The van der Waals surface area contributed by atoms with Gasteiger partial charge in [-0.2, -0.15) is 0 Å². The molecular weight excluding hydrogens is 352 g/mol. The average molecular weight is 383 g/mol. The van der Waals surface area contributed by atoms with Crippen molar-refractivity contribution in [3.05, 3.63) is 59.7 Å². The zero-order chi connectivity index (χ0) is 19.3. The minimum Gasteiger partial charge on any atom is -0.493 e. The van der Waals surface area contributed by atoms with Crippen LogP contribution in [0.3, 0.4) is 0 Å². The van der Waals surface area contributed by atoms with Crippen molar-refractivity contribution < 1.29 is 14.2 Å². The number of rotatable bonds is 7. The molecule has 0 spiro atoms. The van der Waals surface area contributed by atoms with E-state index in [9.17, 15) is 0 Å². The average Bonchev–Trinajstić information content (AvgIpc) is 2.73. The van der Waals surface area contributed by atoms with Gasteiger partial charge in [-0.15, -0.1) is 0 Å². The van der Waals surface area contributed by atoms with Crippen LogP contribution in [0, 0.1) is 0 Å². The molecule has 2 aromatic carbocycles. The predicted octanol–water partition coefficient (Wildman–Crippen LogP) is 3.23. The summed E-state index contributed by atoms with van der Waals surface area (Å²) < 4.78 is 16.6. The number of fused-ring (bicyclic) bond motifs is 2. The summed E-state index contributed by atoms with van der Waals surface area (Å²) in [5.74, 6) is 1.55. The van der Waals surface area contributed by atoms with Gasteiger partial charge in [0.05, 0.1) is 27.4 Å². The highest BCUT2D eigenvalue weighted by atomic mass is 16.5. The van der Waals surface area contributed by atoms with E-state index in [1.807, 2.05) is 6.07 Å². The summed E-state index contributed by atoms with van der Waals surface area (Å²) in [6.07, 6.45) is 2.24.